The fourth-order valence-electron chi connectivity index (χ4n) is 4.81. The molecule has 0 radical (unpaired) electrons. The van der Waals surface area contributed by atoms with Gasteiger partial charge < -0.3 is 14.7 Å². The van der Waals surface area contributed by atoms with Crippen LogP contribution in [0.2, 0.25) is 0 Å². The van der Waals surface area contributed by atoms with E-state index in [1.165, 1.54) is 6.07 Å². The lowest BCUT2D eigenvalue weighted by molar-refractivity contribution is -0.136. The maximum atomic E-state index is 15.3. The highest BCUT2D eigenvalue weighted by atomic mass is 19.1. The number of aromatic nitrogens is 2. The summed E-state index contributed by atoms with van der Waals surface area (Å²) in [6.45, 7) is 12.3. The van der Waals surface area contributed by atoms with Crippen molar-refractivity contribution in [3.63, 3.8) is 0 Å². The molecule has 7 heteroatoms. The number of hydrogen-bond acceptors (Lipinski definition) is 5. The summed E-state index contributed by atoms with van der Waals surface area (Å²) in [6.07, 6.45) is 5.11. The van der Waals surface area contributed by atoms with E-state index >= 15 is 4.39 Å². The highest BCUT2D eigenvalue weighted by molar-refractivity contribution is 5.84. The van der Waals surface area contributed by atoms with Crippen LogP contribution in [-0.2, 0) is 16.6 Å². The molecule has 1 N–H and O–H groups in total. The Labute approximate surface area is 218 Å². The van der Waals surface area contributed by atoms with Gasteiger partial charge in [-0.2, -0.15) is 0 Å². The minimum atomic E-state index is -0.922. The van der Waals surface area contributed by atoms with E-state index in [2.05, 4.69) is 28.7 Å². The smallest absolute Gasteiger partial charge is 0.307 e. The third kappa shape index (κ3) is 6.09. The van der Waals surface area contributed by atoms with Crippen LogP contribution in [0.25, 0.3) is 11.1 Å². The van der Waals surface area contributed by atoms with Gasteiger partial charge in [0.2, 0.25) is 5.88 Å². The second-order valence-corrected chi connectivity index (χ2v) is 11.4. The maximum Gasteiger partial charge on any atom is 0.307 e. The molecule has 3 aromatic rings. The molecule has 0 atom stereocenters. The number of carbonyl (C=O) groups is 1. The standard InChI is InChI=1S/C30H36FN3O3/c1-20-23(16-26(35)36)27(34-13-11-29(2,3)12-14-34)24(18-32-20)21-15-25(31)28(33-17-21)37-19-30(4,5)22-9-7-6-8-10-22/h6-10,15,17-18H,11-14,16,19H2,1-5H3,(H,35,36). The van der Waals surface area contributed by atoms with Crippen LogP contribution in [-0.4, -0.2) is 40.7 Å². The molecule has 1 aliphatic rings. The van der Waals surface area contributed by atoms with E-state index in [1.54, 1.807) is 12.4 Å². The predicted molar refractivity (Wildman–Crippen MR) is 144 cm³/mol. The van der Waals surface area contributed by atoms with E-state index in [0.717, 1.165) is 37.2 Å². The molecule has 196 valence electrons. The number of ether oxygens (including phenoxy) is 1. The molecular weight excluding hydrogens is 469 g/mol. The van der Waals surface area contributed by atoms with Crippen molar-refractivity contribution in [1.29, 1.82) is 0 Å². The minimum absolute atomic E-state index is 0.0557. The van der Waals surface area contributed by atoms with Gasteiger partial charge in [-0.05, 0) is 36.8 Å². The topological polar surface area (TPSA) is 75.6 Å². The number of rotatable bonds is 8. The zero-order chi connectivity index (χ0) is 26.8. The largest absolute Gasteiger partial charge is 0.481 e. The lowest BCUT2D eigenvalue weighted by Gasteiger charge is -2.40. The van der Waals surface area contributed by atoms with Crippen molar-refractivity contribution < 1.29 is 19.0 Å². The number of halogens is 1. The number of aliphatic carboxylic acids is 1. The summed E-state index contributed by atoms with van der Waals surface area (Å²) < 4.78 is 21.1. The van der Waals surface area contributed by atoms with Gasteiger partial charge in [-0.15, -0.1) is 0 Å². The molecule has 1 aliphatic heterocycles. The summed E-state index contributed by atoms with van der Waals surface area (Å²) >= 11 is 0. The average molecular weight is 506 g/mol. The molecule has 2 aromatic heterocycles. The van der Waals surface area contributed by atoms with E-state index in [9.17, 15) is 9.90 Å². The van der Waals surface area contributed by atoms with Crippen molar-refractivity contribution in [1.82, 2.24) is 9.97 Å². The van der Waals surface area contributed by atoms with Gasteiger partial charge >= 0.3 is 5.97 Å². The van der Waals surface area contributed by atoms with Crippen LogP contribution in [0.1, 0.15) is 57.4 Å². The van der Waals surface area contributed by atoms with Gasteiger partial charge in [0.05, 0.1) is 18.7 Å². The Morgan fingerprint density at radius 3 is 2.43 bits per heavy atom. The number of benzene rings is 1. The Hall–Kier alpha value is -3.48. The first-order valence-electron chi connectivity index (χ1n) is 12.8. The number of nitrogens with zero attached hydrogens (tertiary/aromatic N) is 3. The second kappa shape index (κ2) is 10.5. The van der Waals surface area contributed by atoms with Crippen LogP contribution in [0, 0.1) is 18.2 Å². The monoisotopic (exact) mass is 505 g/mol. The highest BCUT2D eigenvalue weighted by Crippen LogP contribution is 2.40. The molecule has 0 spiro atoms. The molecule has 0 saturated carbocycles. The minimum Gasteiger partial charge on any atom is -0.481 e. The number of carboxylic acid groups (broad SMARTS) is 1. The van der Waals surface area contributed by atoms with Gasteiger partial charge in [-0.3, -0.25) is 9.78 Å². The molecule has 0 bridgehead atoms. The quantitative estimate of drug-likeness (QED) is 0.393. The summed E-state index contributed by atoms with van der Waals surface area (Å²) in [6, 6.07) is 11.4. The zero-order valence-electron chi connectivity index (χ0n) is 22.3. The number of hydrogen-bond donors (Lipinski definition) is 1. The van der Waals surface area contributed by atoms with Crippen molar-refractivity contribution >= 4 is 11.7 Å². The molecule has 1 aromatic carbocycles. The highest BCUT2D eigenvalue weighted by Gasteiger charge is 2.30. The molecule has 4 rings (SSSR count). The van der Waals surface area contributed by atoms with E-state index in [4.69, 9.17) is 4.74 Å². The summed E-state index contributed by atoms with van der Waals surface area (Å²) in [5.74, 6) is -1.54. The Bertz CT molecular complexity index is 1260. The molecule has 0 amide bonds. The molecule has 1 saturated heterocycles. The normalized spacial score (nSPS) is 15.5. The summed E-state index contributed by atoms with van der Waals surface area (Å²) in [4.78, 5) is 22.7. The Balaban J connectivity index is 1.66. The first-order valence-corrected chi connectivity index (χ1v) is 12.8. The van der Waals surface area contributed by atoms with Gasteiger partial charge in [0.15, 0.2) is 5.82 Å². The van der Waals surface area contributed by atoms with Crippen LogP contribution < -0.4 is 9.64 Å². The third-order valence-corrected chi connectivity index (χ3v) is 7.37. The molecule has 1 fully saturated rings. The van der Waals surface area contributed by atoms with Crippen molar-refractivity contribution in [2.24, 2.45) is 5.41 Å². The van der Waals surface area contributed by atoms with Crippen LogP contribution in [0.15, 0.2) is 48.8 Å². The van der Waals surface area contributed by atoms with E-state index in [-0.39, 0.29) is 29.7 Å². The number of pyridine rings is 2. The van der Waals surface area contributed by atoms with Gasteiger partial charge in [0.1, 0.15) is 0 Å². The molecule has 0 unspecified atom stereocenters. The number of aryl methyl sites for hydroxylation is 1. The average Bonchev–Trinajstić information content (AvgIpc) is 2.85. The lowest BCUT2D eigenvalue weighted by Crippen LogP contribution is -2.38. The van der Waals surface area contributed by atoms with Crippen molar-refractivity contribution in [2.75, 3.05) is 24.6 Å². The maximum absolute atomic E-state index is 15.3. The molecule has 0 aliphatic carbocycles. The van der Waals surface area contributed by atoms with E-state index in [1.807, 2.05) is 51.1 Å². The number of carboxylic acids is 1. The van der Waals surface area contributed by atoms with Crippen LogP contribution in [0.5, 0.6) is 5.88 Å². The third-order valence-electron chi connectivity index (χ3n) is 7.37. The second-order valence-electron chi connectivity index (χ2n) is 11.4. The fraction of sp³-hybridized carbons (Fsp3) is 0.433. The Kier molecular flexibility index (Phi) is 7.53. The van der Waals surface area contributed by atoms with Gasteiger partial charge in [-0.1, -0.05) is 58.0 Å². The summed E-state index contributed by atoms with van der Waals surface area (Å²) in [7, 11) is 0. The molecule has 37 heavy (non-hydrogen) atoms. The Morgan fingerprint density at radius 1 is 1.14 bits per heavy atom. The number of piperidine rings is 1. The molecule has 6 nitrogen and oxygen atoms in total. The van der Waals surface area contributed by atoms with Gasteiger partial charge in [-0.25, -0.2) is 9.37 Å². The van der Waals surface area contributed by atoms with Crippen LogP contribution in [0.4, 0.5) is 10.1 Å². The first-order chi connectivity index (χ1) is 17.5. The van der Waals surface area contributed by atoms with Crippen LogP contribution in [0.3, 0.4) is 0 Å². The van der Waals surface area contributed by atoms with Crippen LogP contribution >= 0.6 is 0 Å². The van der Waals surface area contributed by atoms with Crippen molar-refractivity contribution in [3.05, 3.63) is 71.4 Å². The van der Waals surface area contributed by atoms with Crippen molar-refractivity contribution in [3.8, 4) is 17.0 Å². The zero-order valence-corrected chi connectivity index (χ0v) is 22.3. The van der Waals surface area contributed by atoms with E-state index in [0.29, 0.717) is 22.4 Å². The SMILES string of the molecule is Cc1ncc(-c2cnc(OCC(C)(C)c3ccccc3)c(F)c2)c(N2CCC(C)(C)CC2)c1CC(=O)O. The predicted octanol–water partition coefficient (Wildman–Crippen LogP) is 6.20. The number of anilines is 1. The van der Waals surface area contributed by atoms with E-state index < -0.39 is 11.8 Å². The molecule has 3 heterocycles. The first kappa shape index (κ1) is 26.6. The summed E-state index contributed by atoms with van der Waals surface area (Å²) in [5, 5.41) is 9.61. The lowest BCUT2D eigenvalue weighted by atomic mass is 9.82. The van der Waals surface area contributed by atoms with Gasteiger partial charge in [0, 0.05) is 53.3 Å². The fourth-order valence-corrected chi connectivity index (χ4v) is 4.81. The van der Waals surface area contributed by atoms with Crippen molar-refractivity contribution in [2.45, 2.75) is 59.3 Å². The molecular formula is C30H36FN3O3. The van der Waals surface area contributed by atoms with Gasteiger partial charge in [0.25, 0.3) is 0 Å². The Morgan fingerprint density at radius 2 is 1.81 bits per heavy atom. The summed E-state index contributed by atoms with van der Waals surface area (Å²) in [5.41, 5.74) is 4.37.